The van der Waals surface area contributed by atoms with E-state index < -0.39 is 0 Å². The number of benzene rings is 4. The van der Waals surface area contributed by atoms with Gasteiger partial charge in [-0.05, 0) is 103 Å². The highest BCUT2D eigenvalue weighted by atomic mass is 16.2. The predicted molar refractivity (Wildman–Crippen MR) is 180 cm³/mol. The Bertz CT molecular complexity index is 1350. The molecular formula is C39H46N2O2. The maximum atomic E-state index is 12.9. The monoisotopic (exact) mass is 574 g/mol. The lowest BCUT2D eigenvalue weighted by Crippen LogP contribution is -2.19. The Kier molecular flexibility index (Phi) is 10.9. The van der Waals surface area contributed by atoms with E-state index in [1.165, 1.54) is 11.1 Å². The Morgan fingerprint density at radius 1 is 0.465 bits per heavy atom. The van der Waals surface area contributed by atoms with Crippen molar-refractivity contribution in [1.29, 1.82) is 0 Å². The first-order chi connectivity index (χ1) is 20.6. The lowest BCUT2D eigenvalue weighted by Gasteiger charge is -2.14. The van der Waals surface area contributed by atoms with Crippen molar-refractivity contribution in [1.82, 2.24) is 0 Å². The van der Waals surface area contributed by atoms with Gasteiger partial charge in [-0.15, -0.1) is 0 Å². The zero-order valence-corrected chi connectivity index (χ0v) is 26.5. The lowest BCUT2D eigenvalue weighted by atomic mass is 9.96. The zero-order valence-electron chi connectivity index (χ0n) is 26.5. The first-order valence-electron chi connectivity index (χ1n) is 15.5. The smallest absolute Gasteiger partial charge is 0.231 e. The lowest BCUT2D eigenvalue weighted by molar-refractivity contribution is -0.118. The second kappa shape index (κ2) is 14.8. The average Bonchev–Trinajstić information content (AvgIpc) is 2.98. The number of anilines is 2. The van der Waals surface area contributed by atoms with Gasteiger partial charge in [-0.1, -0.05) is 100 Å². The minimum atomic E-state index is -0.231. The van der Waals surface area contributed by atoms with Gasteiger partial charge in [-0.25, -0.2) is 0 Å². The minimum absolute atomic E-state index is 0.0144. The maximum Gasteiger partial charge on any atom is 0.231 e. The summed E-state index contributed by atoms with van der Waals surface area (Å²) in [6, 6.07) is 32.8. The highest BCUT2D eigenvalue weighted by molar-refractivity contribution is 5.96. The first kappa shape index (κ1) is 31.7. The molecule has 0 spiro atoms. The number of rotatable bonds is 12. The second-order valence-corrected chi connectivity index (χ2v) is 12.7. The molecule has 0 fully saturated rings. The number of nitrogens with one attached hydrogen (secondary N) is 2. The summed E-state index contributed by atoms with van der Waals surface area (Å²) in [4.78, 5) is 25.8. The molecule has 2 unspecified atom stereocenters. The number of hydrogen-bond acceptors (Lipinski definition) is 2. The van der Waals surface area contributed by atoms with Crippen molar-refractivity contribution >= 4 is 23.2 Å². The van der Waals surface area contributed by atoms with Gasteiger partial charge in [0.25, 0.3) is 0 Å². The molecule has 0 aliphatic carbocycles. The van der Waals surface area contributed by atoms with Crippen LogP contribution in [0, 0.1) is 11.8 Å². The highest BCUT2D eigenvalue weighted by Gasteiger charge is 2.17. The molecule has 224 valence electrons. The molecule has 0 heterocycles. The molecule has 4 nitrogen and oxygen atoms in total. The summed E-state index contributed by atoms with van der Waals surface area (Å²) in [7, 11) is 0. The van der Waals surface area contributed by atoms with Gasteiger partial charge in [-0.3, -0.25) is 9.59 Å². The van der Waals surface area contributed by atoms with Crippen molar-refractivity contribution in [3.05, 3.63) is 130 Å². The highest BCUT2D eigenvalue weighted by Crippen LogP contribution is 2.23. The fourth-order valence-corrected chi connectivity index (χ4v) is 5.28. The molecular weight excluding hydrogens is 528 g/mol. The summed E-state index contributed by atoms with van der Waals surface area (Å²) < 4.78 is 0. The molecule has 43 heavy (non-hydrogen) atoms. The van der Waals surface area contributed by atoms with Crippen LogP contribution < -0.4 is 10.6 Å². The number of hydrogen-bond donors (Lipinski definition) is 2. The molecule has 4 aromatic rings. The summed E-state index contributed by atoms with van der Waals surface area (Å²) in [5.74, 6) is 0.729. The molecule has 0 aliphatic rings. The molecule has 4 rings (SSSR count). The molecule has 4 aromatic carbocycles. The van der Waals surface area contributed by atoms with E-state index >= 15 is 0 Å². The largest absolute Gasteiger partial charge is 0.326 e. The molecule has 2 amide bonds. The quantitative estimate of drug-likeness (QED) is 0.177. The van der Waals surface area contributed by atoms with Crippen molar-refractivity contribution in [2.45, 2.75) is 72.6 Å². The molecule has 0 aromatic heterocycles. The summed E-state index contributed by atoms with van der Waals surface area (Å²) in [6.45, 7) is 12.7. The second-order valence-electron chi connectivity index (χ2n) is 12.7. The van der Waals surface area contributed by atoms with Crippen LogP contribution in [0.4, 0.5) is 11.4 Å². The molecule has 2 atom stereocenters. The third-order valence-corrected chi connectivity index (χ3v) is 7.89. The Morgan fingerprint density at radius 3 is 1.07 bits per heavy atom. The van der Waals surface area contributed by atoms with Crippen LogP contribution in [0.2, 0.25) is 0 Å². The molecule has 0 bridgehead atoms. The van der Waals surface area contributed by atoms with Gasteiger partial charge in [0.2, 0.25) is 11.8 Å². The topological polar surface area (TPSA) is 58.2 Å². The molecule has 0 radical (unpaired) electrons. The van der Waals surface area contributed by atoms with Crippen LogP contribution in [0.1, 0.15) is 86.8 Å². The van der Waals surface area contributed by atoms with E-state index in [9.17, 15) is 9.59 Å². The molecule has 0 saturated heterocycles. The van der Waals surface area contributed by atoms with Crippen molar-refractivity contribution in [2.75, 3.05) is 10.6 Å². The van der Waals surface area contributed by atoms with Gasteiger partial charge in [0.15, 0.2) is 0 Å². The summed E-state index contributed by atoms with van der Waals surface area (Å²) in [5, 5.41) is 6.11. The van der Waals surface area contributed by atoms with E-state index in [0.29, 0.717) is 11.8 Å². The van der Waals surface area contributed by atoms with Gasteiger partial charge in [0, 0.05) is 11.4 Å². The van der Waals surface area contributed by atoms with Gasteiger partial charge in [-0.2, -0.15) is 0 Å². The minimum Gasteiger partial charge on any atom is -0.326 e. The Labute approximate surface area is 257 Å². The van der Waals surface area contributed by atoms with Crippen molar-refractivity contribution < 1.29 is 9.59 Å². The molecule has 0 saturated carbocycles. The fourth-order valence-electron chi connectivity index (χ4n) is 5.28. The Hall–Kier alpha value is -4.18. The van der Waals surface area contributed by atoms with Gasteiger partial charge < -0.3 is 10.6 Å². The predicted octanol–water partition coefficient (Wildman–Crippen LogP) is 9.16. The van der Waals surface area contributed by atoms with Crippen LogP contribution in [0.5, 0.6) is 0 Å². The van der Waals surface area contributed by atoms with Crippen LogP contribution in [0.3, 0.4) is 0 Å². The van der Waals surface area contributed by atoms with E-state index in [4.69, 9.17) is 0 Å². The van der Waals surface area contributed by atoms with E-state index in [2.05, 4.69) is 86.9 Å². The van der Waals surface area contributed by atoms with Crippen LogP contribution in [0.25, 0.3) is 0 Å². The van der Waals surface area contributed by atoms with Crippen LogP contribution in [-0.2, 0) is 28.9 Å². The summed E-state index contributed by atoms with van der Waals surface area (Å²) in [6.07, 6.45) is 2.85. The van der Waals surface area contributed by atoms with E-state index in [-0.39, 0.29) is 23.7 Å². The molecule has 2 N–H and O–H groups in total. The fraction of sp³-hybridized carbons (Fsp3) is 0.333. The van der Waals surface area contributed by atoms with E-state index in [1.807, 2.05) is 62.4 Å². The molecule has 4 heteroatoms. The zero-order chi connectivity index (χ0) is 30.9. The number of carbonyl (C=O) groups excluding carboxylic acids is 2. The number of carbonyl (C=O) groups is 2. The van der Waals surface area contributed by atoms with Gasteiger partial charge >= 0.3 is 0 Å². The SMILES string of the molecule is CC(C)Cc1ccc(C(C)C(=O)Nc2ccc(Cc3ccc(NC(=O)C(C)c4ccc(CC(C)C)cc4)cc3)cc2)cc1. The third-order valence-electron chi connectivity index (χ3n) is 7.89. The first-order valence-corrected chi connectivity index (χ1v) is 15.5. The van der Waals surface area contributed by atoms with Crippen LogP contribution in [-0.4, -0.2) is 11.8 Å². The van der Waals surface area contributed by atoms with Crippen molar-refractivity contribution in [3.8, 4) is 0 Å². The average molecular weight is 575 g/mol. The maximum absolute atomic E-state index is 12.9. The van der Waals surface area contributed by atoms with Crippen LogP contribution in [0.15, 0.2) is 97.1 Å². The van der Waals surface area contributed by atoms with E-state index in [1.54, 1.807) is 0 Å². The Balaban J connectivity index is 1.27. The van der Waals surface area contributed by atoms with Crippen molar-refractivity contribution in [2.24, 2.45) is 11.8 Å². The summed E-state index contributed by atoms with van der Waals surface area (Å²) >= 11 is 0. The summed E-state index contributed by atoms with van der Waals surface area (Å²) in [5.41, 5.74) is 8.52. The van der Waals surface area contributed by atoms with Crippen molar-refractivity contribution in [3.63, 3.8) is 0 Å². The van der Waals surface area contributed by atoms with Gasteiger partial charge in [0.1, 0.15) is 0 Å². The normalized spacial score (nSPS) is 12.7. The Morgan fingerprint density at radius 2 is 0.767 bits per heavy atom. The van der Waals surface area contributed by atoms with E-state index in [0.717, 1.165) is 52.9 Å². The number of amides is 2. The third kappa shape index (κ3) is 9.41. The standard InChI is InChI=1S/C39H46N2O2/c1-26(2)23-30-7-15-34(16-8-30)28(5)38(42)40-36-19-11-32(12-20-36)25-33-13-21-37(22-14-33)41-39(43)29(6)35-17-9-31(10-18-35)24-27(3)4/h7-22,26-29H,23-25H2,1-6H3,(H,40,42)(H,41,43). The molecule has 0 aliphatic heterocycles. The van der Waals surface area contributed by atoms with Gasteiger partial charge in [0.05, 0.1) is 11.8 Å². The van der Waals surface area contributed by atoms with Crippen LogP contribution >= 0.6 is 0 Å².